The highest BCUT2D eigenvalue weighted by Gasteiger charge is 2.21. The normalized spacial score (nSPS) is 19.0. The van der Waals surface area contributed by atoms with E-state index in [1.165, 1.54) is 12.8 Å². The summed E-state index contributed by atoms with van der Waals surface area (Å²) in [6.07, 6.45) is 3.12. The lowest BCUT2D eigenvalue weighted by Gasteiger charge is -2.28. The molecule has 1 aliphatic heterocycles. The van der Waals surface area contributed by atoms with Crippen LogP contribution in [0.4, 0.5) is 0 Å². The molecule has 0 bridgehead atoms. The van der Waals surface area contributed by atoms with Gasteiger partial charge in [-0.1, -0.05) is 6.92 Å². The third kappa shape index (κ3) is 5.71. The number of hydrogen-bond donors (Lipinski definition) is 2. The Kier molecular flexibility index (Phi) is 7.77. The van der Waals surface area contributed by atoms with Gasteiger partial charge in [0.05, 0.1) is 0 Å². The molecule has 1 atom stereocenters. The van der Waals surface area contributed by atoms with Crippen LogP contribution >= 0.6 is 12.4 Å². The van der Waals surface area contributed by atoms with Crippen LogP contribution in [0.25, 0.3) is 0 Å². The number of hydrogen-bond acceptors (Lipinski definition) is 2. The molecule has 16 heavy (non-hydrogen) atoms. The van der Waals surface area contributed by atoms with Crippen LogP contribution in [0.2, 0.25) is 0 Å². The highest BCUT2D eigenvalue weighted by atomic mass is 35.5. The molecule has 0 aromatic carbocycles. The first-order valence-corrected chi connectivity index (χ1v) is 6.09. The van der Waals surface area contributed by atoms with Gasteiger partial charge in [0, 0.05) is 12.5 Å². The van der Waals surface area contributed by atoms with Gasteiger partial charge in [-0.3, -0.25) is 4.79 Å². The first-order chi connectivity index (χ1) is 7.09. The first kappa shape index (κ1) is 15.7. The van der Waals surface area contributed by atoms with Crippen LogP contribution < -0.4 is 10.6 Å². The number of carbonyl (C=O) groups is 1. The van der Waals surface area contributed by atoms with E-state index >= 15 is 0 Å². The number of carbonyl (C=O) groups excluding carboxylic acids is 1. The van der Waals surface area contributed by atoms with E-state index < -0.39 is 0 Å². The fraction of sp³-hybridized carbons (Fsp3) is 0.917. The molecular formula is C12H25ClN2O. The quantitative estimate of drug-likeness (QED) is 0.799. The Bertz CT molecular complexity index is 203. The molecule has 1 heterocycles. The Morgan fingerprint density at radius 3 is 2.38 bits per heavy atom. The maximum Gasteiger partial charge on any atom is 0.220 e. The third-order valence-corrected chi connectivity index (χ3v) is 3.15. The Labute approximate surface area is 105 Å². The number of rotatable bonds is 4. The average molecular weight is 249 g/mol. The molecule has 0 spiro atoms. The molecule has 96 valence electrons. The molecule has 0 aromatic heterocycles. The van der Waals surface area contributed by atoms with Crippen LogP contribution in [0, 0.1) is 11.8 Å². The zero-order valence-electron chi connectivity index (χ0n) is 10.6. The van der Waals surface area contributed by atoms with Crippen molar-refractivity contribution in [1.82, 2.24) is 10.6 Å². The fourth-order valence-electron chi connectivity index (χ4n) is 2.25. The predicted molar refractivity (Wildman–Crippen MR) is 69.9 cm³/mol. The summed E-state index contributed by atoms with van der Waals surface area (Å²) in [5, 5.41) is 6.31. The SMILES string of the molecule is CC(C)NC(=O)CC(C)C1CCNCC1.Cl. The van der Waals surface area contributed by atoms with Crippen LogP contribution in [-0.4, -0.2) is 25.0 Å². The summed E-state index contributed by atoms with van der Waals surface area (Å²) in [5.41, 5.74) is 0. The summed E-state index contributed by atoms with van der Waals surface area (Å²) in [6, 6.07) is 0.262. The molecule has 1 aliphatic rings. The van der Waals surface area contributed by atoms with E-state index in [4.69, 9.17) is 0 Å². The molecule has 1 amide bonds. The van der Waals surface area contributed by atoms with Gasteiger partial charge in [0.1, 0.15) is 0 Å². The van der Waals surface area contributed by atoms with Crippen LogP contribution in [-0.2, 0) is 4.79 Å². The molecule has 2 N–H and O–H groups in total. The second-order valence-corrected chi connectivity index (χ2v) is 4.99. The van der Waals surface area contributed by atoms with Crippen molar-refractivity contribution in [3.63, 3.8) is 0 Å². The zero-order chi connectivity index (χ0) is 11.3. The molecule has 1 saturated heterocycles. The Morgan fingerprint density at radius 2 is 1.88 bits per heavy atom. The van der Waals surface area contributed by atoms with Crippen LogP contribution in [0.1, 0.15) is 40.0 Å². The maximum absolute atomic E-state index is 11.6. The maximum atomic E-state index is 11.6. The smallest absolute Gasteiger partial charge is 0.220 e. The van der Waals surface area contributed by atoms with E-state index in [9.17, 15) is 4.79 Å². The monoisotopic (exact) mass is 248 g/mol. The summed E-state index contributed by atoms with van der Waals surface area (Å²) < 4.78 is 0. The van der Waals surface area contributed by atoms with Crippen LogP contribution in [0.15, 0.2) is 0 Å². The molecule has 1 unspecified atom stereocenters. The molecule has 0 saturated carbocycles. The molecule has 0 aromatic rings. The van der Waals surface area contributed by atoms with E-state index in [1.54, 1.807) is 0 Å². The topological polar surface area (TPSA) is 41.1 Å². The molecule has 0 radical (unpaired) electrons. The lowest BCUT2D eigenvalue weighted by molar-refractivity contribution is -0.122. The van der Waals surface area contributed by atoms with Crippen LogP contribution in [0.3, 0.4) is 0 Å². The standard InChI is InChI=1S/C12H24N2O.ClH/c1-9(2)14-12(15)8-10(3)11-4-6-13-7-5-11;/h9-11,13H,4-8H2,1-3H3,(H,14,15);1H. The highest BCUT2D eigenvalue weighted by molar-refractivity contribution is 5.85. The second-order valence-electron chi connectivity index (χ2n) is 4.99. The minimum Gasteiger partial charge on any atom is -0.354 e. The van der Waals surface area contributed by atoms with Gasteiger partial charge in [0.2, 0.25) is 5.91 Å². The Balaban J connectivity index is 0.00000225. The molecule has 4 heteroatoms. The average Bonchev–Trinajstić information content (AvgIpc) is 2.17. The van der Waals surface area contributed by atoms with Crippen molar-refractivity contribution in [2.45, 2.75) is 46.1 Å². The van der Waals surface area contributed by atoms with Gasteiger partial charge >= 0.3 is 0 Å². The minimum atomic E-state index is 0. The van der Waals surface area contributed by atoms with Gasteiger partial charge < -0.3 is 10.6 Å². The van der Waals surface area contributed by atoms with Gasteiger partial charge in [0.25, 0.3) is 0 Å². The Morgan fingerprint density at radius 1 is 1.31 bits per heavy atom. The number of piperidine rings is 1. The first-order valence-electron chi connectivity index (χ1n) is 6.09. The molecule has 1 fully saturated rings. The Hall–Kier alpha value is -0.280. The highest BCUT2D eigenvalue weighted by Crippen LogP contribution is 2.24. The van der Waals surface area contributed by atoms with Crippen molar-refractivity contribution < 1.29 is 4.79 Å². The number of nitrogens with one attached hydrogen (secondary N) is 2. The van der Waals surface area contributed by atoms with E-state index in [2.05, 4.69) is 17.6 Å². The van der Waals surface area contributed by atoms with E-state index in [0.29, 0.717) is 12.3 Å². The van der Waals surface area contributed by atoms with Crippen molar-refractivity contribution in [2.24, 2.45) is 11.8 Å². The molecule has 3 nitrogen and oxygen atoms in total. The van der Waals surface area contributed by atoms with Crippen LogP contribution in [0.5, 0.6) is 0 Å². The van der Waals surface area contributed by atoms with Gasteiger partial charge in [-0.05, 0) is 51.6 Å². The third-order valence-electron chi connectivity index (χ3n) is 3.15. The molecular weight excluding hydrogens is 224 g/mol. The van der Waals surface area contributed by atoms with Crippen molar-refractivity contribution >= 4 is 18.3 Å². The number of halogens is 1. The summed E-state index contributed by atoms with van der Waals surface area (Å²) in [4.78, 5) is 11.6. The fourth-order valence-corrected chi connectivity index (χ4v) is 2.25. The molecule has 0 aliphatic carbocycles. The van der Waals surface area contributed by atoms with Gasteiger partial charge in [-0.2, -0.15) is 0 Å². The summed E-state index contributed by atoms with van der Waals surface area (Å²) in [7, 11) is 0. The minimum absolute atomic E-state index is 0. The second kappa shape index (κ2) is 7.91. The predicted octanol–water partition coefficient (Wildman–Crippen LogP) is 1.96. The van der Waals surface area contributed by atoms with Gasteiger partial charge in [-0.25, -0.2) is 0 Å². The molecule has 1 rings (SSSR count). The van der Waals surface area contributed by atoms with E-state index in [0.717, 1.165) is 19.0 Å². The summed E-state index contributed by atoms with van der Waals surface area (Å²) in [5.74, 6) is 1.45. The largest absolute Gasteiger partial charge is 0.354 e. The van der Waals surface area contributed by atoms with Crippen molar-refractivity contribution in [1.29, 1.82) is 0 Å². The van der Waals surface area contributed by atoms with Gasteiger partial charge in [0.15, 0.2) is 0 Å². The lowest BCUT2D eigenvalue weighted by atomic mass is 9.84. The van der Waals surface area contributed by atoms with Crippen molar-refractivity contribution in [3.05, 3.63) is 0 Å². The summed E-state index contributed by atoms with van der Waals surface area (Å²) in [6.45, 7) is 8.44. The van der Waals surface area contributed by atoms with E-state index in [-0.39, 0.29) is 24.4 Å². The lowest BCUT2D eigenvalue weighted by Crippen LogP contribution is -2.35. The number of amides is 1. The van der Waals surface area contributed by atoms with Crippen molar-refractivity contribution in [3.8, 4) is 0 Å². The van der Waals surface area contributed by atoms with Gasteiger partial charge in [-0.15, -0.1) is 12.4 Å². The summed E-state index contributed by atoms with van der Waals surface area (Å²) >= 11 is 0. The van der Waals surface area contributed by atoms with E-state index in [1.807, 2.05) is 13.8 Å². The zero-order valence-corrected chi connectivity index (χ0v) is 11.4. The van der Waals surface area contributed by atoms with Crippen molar-refractivity contribution in [2.75, 3.05) is 13.1 Å².